The van der Waals surface area contributed by atoms with E-state index in [0.717, 1.165) is 27.0 Å². The van der Waals surface area contributed by atoms with Crippen molar-refractivity contribution >= 4 is 17.0 Å². The lowest BCUT2D eigenvalue weighted by Crippen LogP contribution is -2.02. The van der Waals surface area contributed by atoms with Crippen molar-refractivity contribution in [1.29, 1.82) is 5.26 Å². The fourth-order valence-corrected chi connectivity index (χ4v) is 2.68. The van der Waals surface area contributed by atoms with Crippen LogP contribution in [0, 0.1) is 18.3 Å². The molecular weight excluding hydrogens is 284 g/mol. The number of nitrogens with one attached hydrogen (secondary N) is 1. The third-order valence-electron chi connectivity index (χ3n) is 2.95. The Labute approximate surface area is 125 Å². The highest BCUT2D eigenvalue weighted by Crippen LogP contribution is 2.19. The number of rotatable bonds is 4. The number of hydrogen-bond acceptors (Lipinski definition) is 6. The van der Waals surface area contributed by atoms with Gasteiger partial charge in [-0.15, -0.1) is 16.4 Å². The molecule has 0 bridgehead atoms. The summed E-state index contributed by atoms with van der Waals surface area (Å²) in [5, 5.41) is 23.6. The summed E-state index contributed by atoms with van der Waals surface area (Å²) >= 11 is 1.50. The van der Waals surface area contributed by atoms with Crippen molar-refractivity contribution in [1.82, 2.24) is 20.2 Å². The second kappa shape index (κ2) is 5.73. The molecule has 2 aromatic heterocycles. The first kappa shape index (κ1) is 13.3. The van der Waals surface area contributed by atoms with Crippen LogP contribution in [0.5, 0.6) is 0 Å². The zero-order valence-electron chi connectivity index (χ0n) is 11.3. The van der Waals surface area contributed by atoms with Crippen molar-refractivity contribution in [2.45, 2.75) is 13.5 Å². The molecule has 0 saturated carbocycles. The number of thiophene rings is 1. The third-order valence-corrected chi connectivity index (χ3v) is 3.94. The van der Waals surface area contributed by atoms with Crippen LogP contribution in [0.2, 0.25) is 0 Å². The minimum atomic E-state index is 0.685. The van der Waals surface area contributed by atoms with Crippen molar-refractivity contribution in [3.8, 4) is 11.8 Å². The van der Waals surface area contributed by atoms with Gasteiger partial charge in [0.15, 0.2) is 5.82 Å². The maximum Gasteiger partial charge on any atom is 0.153 e. The van der Waals surface area contributed by atoms with Crippen LogP contribution in [0.25, 0.3) is 5.69 Å². The molecule has 7 heteroatoms. The Morgan fingerprint density at radius 3 is 2.95 bits per heavy atom. The molecule has 3 rings (SSSR count). The Morgan fingerprint density at radius 2 is 2.24 bits per heavy atom. The van der Waals surface area contributed by atoms with Crippen LogP contribution in [0.3, 0.4) is 0 Å². The van der Waals surface area contributed by atoms with Gasteiger partial charge in [0, 0.05) is 17.1 Å². The van der Waals surface area contributed by atoms with Crippen LogP contribution in [0.1, 0.15) is 15.6 Å². The molecule has 3 aromatic rings. The van der Waals surface area contributed by atoms with E-state index in [9.17, 15) is 0 Å². The number of aromatic nitrogens is 4. The molecule has 0 fully saturated rings. The molecule has 0 radical (unpaired) electrons. The smallest absolute Gasteiger partial charge is 0.153 e. The number of nitrogens with zero attached hydrogens (tertiary/aromatic N) is 5. The average Bonchev–Trinajstić information content (AvgIpc) is 3.14. The normalized spacial score (nSPS) is 10.3. The molecule has 2 heterocycles. The number of tetrazole rings is 1. The number of aryl methyl sites for hydroxylation is 1. The van der Waals surface area contributed by atoms with Gasteiger partial charge in [-0.1, -0.05) is 6.07 Å². The molecule has 21 heavy (non-hydrogen) atoms. The van der Waals surface area contributed by atoms with Crippen LogP contribution >= 0.6 is 11.3 Å². The first-order valence-electron chi connectivity index (χ1n) is 6.34. The van der Waals surface area contributed by atoms with Gasteiger partial charge in [-0.25, -0.2) is 0 Å². The molecule has 0 atom stereocenters. The van der Waals surface area contributed by atoms with Crippen LogP contribution in [0.15, 0.2) is 36.4 Å². The average molecular weight is 296 g/mol. The van der Waals surface area contributed by atoms with Crippen molar-refractivity contribution in [3.63, 3.8) is 0 Å². The zero-order chi connectivity index (χ0) is 14.7. The molecule has 6 nitrogen and oxygen atoms in total. The van der Waals surface area contributed by atoms with Crippen LogP contribution in [0.4, 0.5) is 5.69 Å². The molecule has 1 N–H and O–H groups in total. The molecule has 0 aliphatic heterocycles. The monoisotopic (exact) mass is 296 g/mol. The van der Waals surface area contributed by atoms with E-state index in [-0.39, 0.29) is 0 Å². The maximum atomic E-state index is 8.82. The molecular formula is C14H12N6S. The quantitative estimate of drug-likeness (QED) is 0.800. The zero-order valence-corrected chi connectivity index (χ0v) is 12.1. The van der Waals surface area contributed by atoms with Gasteiger partial charge in [0.05, 0.1) is 5.69 Å². The topological polar surface area (TPSA) is 79.4 Å². The van der Waals surface area contributed by atoms with E-state index in [1.54, 1.807) is 4.68 Å². The van der Waals surface area contributed by atoms with E-state index < -0.39 is 0 Å². The lowest BCUT2D eigenvalue weighted by Gasteiger charge is -2.07. The minimum absolute atomic E-state index is 0.685. The maximum absolute atomic E-state index is 8.82. The predicted molar refractivity (Wildman–Crippen MR) is 80.3 cm³/mol. The molecule has 0 amide bonds. The van der Waals surface area contributed by atoms with Gasteiger partial charge in [0.2, 0.25) is 0 Å². The van der Waals surface area contributed by atoms with Gasteiger partial charge in [0.1, 0.15) is 10.9 Å². The summed E-state index contributed by atoms with van der Waals surface area (Å²) in [6.45, 7) is 2.54. The number of nitriles is 1. The fourth-order valence-electron chi connectivity index (χ4n) is 1.94. The molecule has 0 saturated heterocycles. The second-order valence-corrected chi connectivity index (χ2v) is 5.59. The second-order valence-electron chi connectivity index (χ2n) is 4.42. The van der Waals surface area contributed by atoms with Crippen molar-refractivity contribution in [2.75, 3.05) is 5.32 Å². The molecule has 0 spiro atoms. The Balaban J connectivity index is 1.75. The Hall–Kier alpha value is -2.72. The summed E-state index contributed by atoms with van der Waals surface area (Å²) in [5.74, 6) is 0.740. The van der Waals surface area contributed by atoms with Gasteiger partial charge >= 0.3 is 0 Å². The largest absolute Gasteiger partial charge is 0.380 e. The van der Waals surface area contributed by atoms with Crippen molar-refractivity contribution in [3.05, 3.63) is 52.0 Å². The SMILES string of the molecule is Cc1nnnn1-c1cccc(NCc2ccc(C#N)s2)c1. The summed E-state index contributed by atoms with van der Waals surface area (Å²) < 4.78 is 1.68. The highest BCUT2D eigenvalue weighted by atomic mass is 32.1. The van der Waals surface area contributed by atoms with Crippen LogP contribution in [-0.4, -0.2) is 20.2 Å². The summed E-state index contributed by atoms with van der Waals surface area (Å²) in [7, 11) is 0. The van der Waals surface area contributed by atoms with Crippen molar-refractivity contribution < 1.29 is 0 Å². The van der Waals surface area contributed by atoms with Gasteiger partial charge < -0.3 is 5.32 Å². The Kier molecular flexibility index (Phi) is 3.62. The number of benzene rings is 1. The van der Waals surface area contributed by atoms with Gasteiger partial charge in [0.25, 0.3) is 0 Å². The highest BCUT2D eigenvalue weighted by Gasteiger charge is 2.04. The Bertz CT molecular complexity index is 798. The van der Waals surface area contributed by atoms with E-state index in [0.29, 0.717) is 6.54 Å². The summed E-state index contributed by atoms with van der Waals surface area (Å²) in [6.07, 6.45) is 0. The molecule has 104 valence electrons. The summed E-state index contributed by atoms with van der Waals surface area (Å²) in [6, 6.07) is 13.8. The molecule has 0 unspecified atom stereocenters. The number of anilines is 1. The van der Waals surface area contributed by atoms with E-state index in [1.165, 1.54) is 11.3 Å². The summed E-state index contributed by atoms with van der Waals surface area (Å²) in [4.78, 5) is 1.85. The number of hydrogen-bond donors (Lipinski definition) is 1. The van der Waals surface area contributed by atoms with E-state index in [1.807, 2.05) is 43.3 Å². The molecule has 1 aromatic carbocycles. The lowest BCUT2D eigenvalue weighted by molar-refractivity contribution is 0.779. The first-order chi connectivity index (χ1) is 10.3. The standard InChI is InChI=1S/C14H12N6S/c1-10-17-18-19-20(10)12-4-2-3-11(7-12)16-9-14-6-5-13(8-15)21-14/h2-7,16H,9H2,1H3. The minimum Gasteiger partial charge on any atom is -0.380 e. The van der Waals surface area contributed by atoms with Crippen LogP contribution in [-0.2, 0) is 6.54 Å². The van der Waals surface area contributed by atoms with E-state index >= 15 is 0 Å². The van der Waals surface area contributed by atoms with E-state index in [2.05, 4.69) is 26.9 Å². The fraction of sp³-hybridized carbons (Fsp3) is 0.143. The molecule has 0 aliphatic rings. The van der Waals surface area contributed by atoms with Crippen molar-refractivity contribution in [2.24, 2.45) is 0 Å². The van der Waals surface area contributed by atoms with Gasteiger partial charge in [-0.05, 0) is 47.7 Å². The predicted octanol–water partition coefficient (Wildman–Crippen LogP) is 2.52. The Morgan fingerprint density at radius 1 is 1.33 bits per heavy atom. The molecule has 0 aliphatic carbocycles. The van der Waals surface area contributed by atoms with E-state index in [4.69, 9.17) is 5.26 Å². The highest BCUT2D eigenvalue weighted by molar-refractivity contribution is 7.12. The van der Waals surface area contributed by atoms with Crippen LogP contribution < -0.4 is 5.32 Å². The van der Waals surface area contributed by atoms with Gasteiger partial charge in [-0.2, -0.15) is 9.94 Å². The third kappa shape index (κ3) is 2.90. The first-order valence-corrected chi connectivity index (χ1v) is 7.16. The lowest BCUT2D eigenvalue weighted by atomic mass is 10.2. The summed E-state index contributed by atoms with van der Waals surface area (Å²) in [5.41, 5.74) is 1.89. The van der Waals surface area contributed by atoms with Gasteiger partial charge in [-0.3, -0.25) is 0 Å².